The highest BCUT2D eigenvalue weighted by molar-refractivity contribution is 5.25. The number of pyridine rings is 1. The van der Waals surface area contributed by atoms with Gasteiger partial charge in [-0.1, -0.05) is 6.07 Å². The summed E-state index contributed by atoms with van der Waals surface area (Å²) in [5.74, 6) is 0. The molecule has 3 heteroatoms. The molecule has 0 radical (unpaired) electrons. The van der Waals surface area contributed by atoms with Crippen molar-refractivity contribution in [3.05, 3.63) is 29.1 Å². The molecule has 0 aliphatic rings. The number of rotatable bonds is 2. The summed E-state index contributed by atoms with van der Waals surface area (Å²) in [5, 5.41) is 9.32. The molecular weight excluding hydrogens is 164 g/mol. The molecule has 0 spiro atoms. The molecule has 2 atom stereocenters. The van der Waals surface area contributed by atoms with Crippen LogP contribution in [0.25, 0.3) is 0 Å². The number of aryl methyl sites for hydroxylation is 2. The van der Waals surface area contributed by atoms with Crippen molar-refractivity contribution in [2.45, 2.75) is 32.9 Å². The molecular formula is C10H16N2O. The van der Waals surface area contributed by atoms with Crippen molar-refractivity contribution in [2.75, 3.05) is 0 Å². The van der Waals surface area contributed by atoms with E-state index in [-0.39, 0.29) is 6.04 Å². The van der Waals surface area contributed by atoms with E-state index < -0.39 is 6.10 Å². The molecule has 1 aromatic rings. The summed E-state index contributed by atoms with van der Waals surface area (Å²) in [7, 11) is 0. The predicted molar refractivity (Wildman–Crippen MR) is 52.3 cm³/mol. The van der Waals surface area contributed by atoms with E-state index in [0.29, 0.717) is 0 Å². The number of aliphatic hydroxyl groups excluding tert-OH is 1. The summed E-state index contributed by atoms with van der Waals surface area (Å²) < 4.78 is 0. The van der Waals surface area contributed by atoms with Crippen LogP contribution in [0.5, 0.6) is 0 Å². The Hall–Kier alpha value is -0.930. The molecule has 0 amide bonds. The molecule has 0 fully saturated rings. The maximum absolute atomic E-state index is 9.32. The Morgan fingerprint density at radius 2 is 2.00 bits per heavy atom. The van der Waals surface area contributed by atoms with Crippen LogP contribution in [-0.2, 0) is 0 Å². The Bertz CT molecular complexity index is 297. The van der Waals surface area contributed by atoms with Gasteiger partial charge < -0.3 is 10.8 Å². The van der Waals surface area contributed by atoms with Gasteiger partial charge in [0.15, 0.2) is 0 Å². The molecule has 0 bridgehead atoms. The normalized spacial score (nSPS) is 15.5. The second kappa shape index (κ2) is 3.85. The summed E-state index contributed by atoms with van der Waals surface area (Å²) in [4.78, 5) is 4.29. The summed E-state index contributed by atoms with van der Waals surface area (Å²) in [6, 6.07) is 3.49. The monoisotopic (exact) mass is 180 g/mol. The summed E-state index contributed by atoms with van der Waals surface area (Å²) in [6.45, 7) is 5.53. The molecule has 1 aromatic heterocycles. The second-order valence-corrected chi connectivity index (χ2v) is 3.39. The lowest BCUT2D eigenvalue weighted by atomic mass is 10.0. The van der Waals surface area contributed by atoms with E-state index in [4.69, 9.17) is 5.73 Å². The average molecular weight is 180 g/mol. The molecule has 0 saturated carbocycles. The summed E-state index contributed by atoms with van der Waals surface area (Å²) in [5.41, 5.74) is 8.58. The number of nitrogens with zero attached hydrogens (tertiary/aromatic N) is 1. The van der Waals surface area contributed by atoms with Crippen LogP contribution < -0.4 is 5.73 Å². The van der Waals surface area contributed by atoms with Gasteiger partial charge in [-0.15, -0.1) is 0 Å². The van der Waals surface area contributed by atoms with Gasteiger partial charge in [0.05, 0.1) is 12.1 Å². The highest BCUT2D eigenvalue weighted by atomic mass is 16.3. The van der Waals surface area contributed by atoms with Gasteiger partial charge in [0.2, 0.25) is 0 Å². The van der Waals surface area contributed by atoms with E-state index in [0.717, 1.165) is 17.0 Å². The SMILES string of the molecule is Cc1ccc([C@@H](N)[C@H](C)O)c(C)n1. The van der Waals surface area contributed by atoms with Gasteiger partial charge in [0.1, 0.15) is 0 Å². The quantitative estimate of drug-likeness (QED) is 0.716. The van der Waals surface area contributed by atoms with Crippen molar-refractivity contribution in [3.63, 3.8) is 0 Å². The number of hydrogen-bond donors (Lipinski definition) is 2. The fourth-order valence-electron chi connectivity index (χ4n) is 1.31. The highest BCUT2D eigenvalue weighted by Crippen LogP contribution is 2.17. The highest BCUT2D eigenvalue weighted by Gasteiger charge is 2.14. The van der Waals surface area contributed by atoms with Crippen LogP contribution in [0, 0.1) is 13.8 Å². The van der Waals surface area contributed by atoms with Crippen LogP contribution in [0.3, 0.4) is 0 Å². The third-order valence-electron chi connectivity index (χ3n) is 2.14. The standard InChI is InChI=1S/C10H16N2O/c1-6-4-5-9(7(2)12-6)10(11)8(3)13/h4-5,8,10,13H,11H2,1-3H3/t8-,10-/m0/s1. The maximum Gasteiger partial charge on any atom is 0.0705 e. The molecule has 72 valence electrons. The second-order valence-electron chi connectivity index (χ2n) is 3.39. The van der Waals surface area contributed by atoms with Crippen molar-refractivity contribution in [3.8, 4) is 0 Å². The van der Waals surface area contributed by atoms with E-state index in [1.807, 2.05) is 26.0 Å². The average Bonchev–Trinajstić information content (AvgIpc) is 2.03. The molecule has 0 aliphatic heterocycles. The Morgan fingerprint density at radius 1 is 1.38 bits per heavy atom. The van der Waals surface area contributed by atoms with E-state index >= 15 is 0 Å². The molecule has 13 heavy (non-hydrogen) atoms. The van der Waals surface area contributed by atoms with Crippen LogP contribution in [0.1, 0.15) is 29.9 Å². The first kappa shape index (κ1) is 10.2. The van der Waals surface area contributed by atoms with E-state index in [1.54, 1.807) is 6.92 Å². The largest absolute Gasteiger partial charge is 0.391 e. The number of aromatic nitrogens is 1. The van der Waals surface area contributed by atoms with Gasteiger partial charge in [0, 0.05) is 11.4 Å². The van der Waals surface area contributed by atoms with Crippen molar-refractivity contribution >= 4 is 0 Å². The van der Waals surface area contributed by atoms with Crippen LogP contribution in [0.15, 0.2) is 12.1 Å². The lowest BCUT2D eigenvalue weighted by Gasteiger charge is -2.16. The first-order valence-electron chi connectivity index (χ1n) is 4.40. The van der Waals surface area contributed by atoms with Gasteiger partial charge in [-0.2, -0.15) is 0 Å². The van der Waals surface area contributed by atoms with E-state index in [9.17, 15) is 5.11 Å². The lowest BCUT2D eigenvalue weighted by Crippen LogP contribution is -2.24. The van der Waals surface area contributed by atoms with Crippen molar-refractivity contribution in [2.24, 2.45) is 5.73 Å². The Balaban J connectivity index is 3.01. The topological polar surface area (TPSA) is 59.1 Å². The van der Waals surface area contributed by atoms with Crippen molar-refractivity contribution < 1.29 is 5.11 Å². The third-order valence-corrected chi connectivity index (χ3v) is 2.14. The first-order chi connectivity index (χ1) is 6.02. The fourth-order valence-corrected chi connectivity index (χ4v) is 1.31. The van der Waals surface area contributed by atoms with Gasteiger partial charge >= 0.3 is 0 Å². The minimum atomic E-state index is -0.539. The molecule has 0 saturated heterocycles. The van der Waals surface area contributed by atoms with Crippen LogP contribution >= 0.6 is 0 Å². The van der Waals surface area contributed by atoms with Gasteiger partial charge in [-0.25, -0.2) is 0 Å². The number of nitrogens with two attached hydrogens (primary N) is 1. The molecule has 0 aliphatic carbocycles. The number of hydrogen-bond acceptors (Lipinski definition) is 3. The number of aliphatic hydroxyl groups is 1. The molecule has 1 rings (SSSR count). The zero-order valence-corrected chi connectivity index (χ0v) is 8.28. The predicted octanol–water partition coefficient (Wildman–Crippen LogP) is 1.08. The van der Waals surface area contributed by atoms with Crippen LogP contribution in [-0.4, -0.2) is 16.2 Å². The summed E-state index contributed by atoms with van der Waals surface area (Å²) in [6.07, 6.45) is -0.539. The summed E-state index contributed by atoms with van der Waals surface area (Å²) >= 11 is 0. The van der Waals surface area contributed by atoms with Crippen LogP contribution in [0.2, 0.25) is 0 Å². The lowest BCUT2D eigenvalue weighted by molar-refractivity contribution is 0.164. The Morgan fingerprint density at radius 3 is 2.46 bits per heavy atom. The fraction of sp³-hybridized carbons (Fsp3) is 0.500. The van der Waals surface area contributed by atoms with Crippen LogP contribution in [0.4, 0.5) is 0 Å². The Kier molecular flexibility index (Phi) is 3.01. The smallest absolute Gasteiger partial charge is 0.0705 e. The maximum atomic E-state index is 9.32. The van der Waals surface area contributed by atoms with E-state index in [1.165, 1.54) is 0 Å². The molecule has 3 N–H and O–H groups in total. The van der Waals surface area contributed by atoms with Gasteiger partial charge in [-0.3, -0.25) is 4.98 Å². The van der Waals surface area contributed by atoms with Crippen molar-refractivity contribution in [1.29, 1.82) is 0 Å². The molecule has 0 aromatic carbocycles. The zero-order valence-electron chi connectivity index (χ0n) is 8.28. The third kappa shape index (κ3) is 2.26. The van der Waals surface area contributed by atoms with Gasteiger partial charge in [-0.05, 0) is 32.4 Å². The molecule has 0 unspecified atom stereocenters. The minimum absolute atomic E-state index is 0.340. The zero-order chi connectivity index (χ0) is 10.0. The first-order valence-corrected chi connectivity index (χ1v) is 4.40. The van der Waals surface area contributed by atoms with Crippen molar-refractivity contribution in [1.82, 2.24) is 4.98 Å². The molecule has 1 heterocycles. The van der Waals surface area contributed by atoms with E-state index in [2.05, 4.69) is 4.98 Å². The van der Waals surface area contributed by atoms with Gasteiger partial charge in [0.25, 0.3) is 0 Å². The minimum Gasteiger partial charge on any atom is -0.391 e. The molecule has 3 nitrogen and oxygen atoms in total. The Labute approximate surface area is 78.6 Å².